The van der Waals surface area contributed by atoms with E-state index in [0.29, 0.717) is 6.54 Å². The molecule has 0 radical (unpaired) electrons. The van der Waals surface area contributed by atoms with E-state index in [9.17, 15) is 0 Å². The summed E-state index contributed by atoms with van der Waals surface area (Å²) in [7, 11) is 0. The lowest BCUT2D eigenvalue weighted by atomic mass is 10.1. The van der Waals surface area contributed by atoms with Gasteiger partial charge in [-0.05, 0) is 23.3 Å². The minimum absolute atomic E-state index is 0.465. The van der Waals surface area contributed by atoms with Crippen LogP contribution in [0.25, 0.3) is 28.1 Å². The number of hydrogen-bond donors (Lipinski definition) is 1. The van der Waals surface area contributed by atoms with E-state index < -0.39 is 0 Å². The second kappa shape index (κ2) is 6.75. The lowest BCUT2D eigenvalue weighted by Gasteiger charge is -2.05. The summed E-state index contributed by atoms with van der Waals surface area (Å²) in [5.41, 5.74) is 12.4. The Balaban J connectivity index is 1.70. The number of hydrogen-bond acceptors (Lipinski definition) is 2. The number of nitrogens with two attached hydrogens (primary N) is 1. The van der Waals surface area contributed by atoms with E-state index in [0.717, 1.165) is 22.5 Å². The molecule has 0 atom stereocenters. The van der Waals surface area contributed by atoms with Crippen LogP contribution in [-0.4, -0.2) is 9.78 Å². The Labute approximate surface area is 147 Å². The van der Waals surface area contributed by atoms with Gasteiger partial charge in [-0.25, -0.2) is 4.68 Å². The molecule has 3 nitrogen and oxygen atoms in total. The van der Waals surface area contributed by atoms with E-state index in [4.69, 9.17) is 10.8 Å². The summed E-state index contributed by atoms with van der Waals surface area (Å²) in [6.07, 6.45) is 2.01. The molecule has 2 N–H and O–H groups in total. The first kappa shape index (κ1) is 15.4. The van der Waals surface area contributed by atoms with Gasteiger partial charge in [0.2, 0.25) is 0 Å². The molecule has 1 aromatic heterocycles. The molecule has 0 fully saturated rings. The first-order chi connectivity index (χ1) is 12.3. The molecule has 3 heteroatoms. The van der Waals surface area contributed by atoms with Crippen LogP contribution in [0.4, 0.5) is 0 Å². The molecule has 122 valence electrons. The summed E-state index contributed by atoms with van der Waals surface area (Å²) in [6, 6.07) is 28.9. The van der Waals surface area contributed by atoms with E-state index in [2.05, 4.69) is 60.7 Å². The van der Waals surface area contributed by atoms with Gasteiger partial charge >= 0.3 is 0 Å². The van der Waals surface area contributed by atoms with E-state index in [1.807, 2.05) is 35.1 Å². The minimum atomic E-state index is 0.465. The van der Waals surface area contributed by atoms with Crippen molar-refractivity contribution in [3.8, 4) is 28.1 Å². The molecule has 0 aliphatic rings. The molecule has 4 rings (SSSR count). The van der Waals surface area contributed by atoms with Crippen LogP contribution in [0, 0.1) is 0 Å². The van der Waals surface area contributed by atoms with Crippen LogP contribution in [0.15, 0.2) is 91.1 Å². The molecule has 0 unspecified atom stereocenters. The van der Waals surface area contributed by atoms with Crippen LogP contribution < -0.4 is 5.73 Å². The van der Waals surface area contributed by atoms with Gasteiger partial charge in [-0.15, -0.1) is 0 Å². The molecular weight excluding hydrogens is 306 g/mol. The number of aromatic nitrogens is 2. The van der Waals surface area contributed by atoms with Crippen LogP contribution >= 0.6 is 0 Å². The molecular formula is C22H19N3. The van der Waals surface area contributed by atoms with Gasteiger partial charge < -0.3 is 5.73 Å². The van der Waals surface area contributed by atoms with Gasteiger partial charge in [-0.3, -0.25) is 0 Å². The molecule has 25 heavy (non-hydrogen) atoms. The normalized spacial score (nSPS) is 10.8. The maximum absolute atomic E-state index is 5.93. The Bertz CT molecular complexity index is 955. The molecule has 0 spiro atoms. The monoisotopic (exact) mass is 325 g/mol. The Morgan fingerprint density at radius 3 is 1.84 bits per heavy atom. The van der Waals surface area contributed by atoms with Gasteiger partial charge in [0, 0.05) is 23.9 Å². The summed E-state index contributed by atoms with van der Waals surface area (Å²) in [6.45, 7) is 0.465. The summed E-state index contributed by atoms with van der Waals surface area (Å²) >= 11 is 0. The van der Waals surface area contributed by atoms with E-state index in [1.165, 1.54) is 11.1 Å². The number of nitrogens with zero attached hydrogens (tertiary/aromatic N) is 2. The zero-order chi connectivity index (χ0) is 17.1. The molecule has 0 bridgehead atoms. The fraction of sp³-hybridized carbons (Fsp3) is 0.0455. The second-order valence-corrected chi connectivity index (χ2v) is 5.93. The van der Waals surface area contributed by atoms with E-state index in [-0.39, 0.29) is 0 Å². The van der Waals surface area contributed by atoms with E-state index >= 15 is 0 Å². The van der Waals surface area contributed by atoms with Crippen LogP contribution in [-0.2, 0) is 6.54 Å². The topological polar surface area (TPSA) is 43.8 Å². The molecule has 0 saturated carbocycles. The molecule has 0 amide bonds. The predicted molar refractivity (Wildman–Crippen MR) is 102 cm³/mol. The van der Waals surface area contributed by atoms with Crippen LogP contribution in [0.3, 0.4) is 0 Å². The van der Waals surface area contributed by atoms with Crippen LogP contribution in [0.1, 0.15) is 5.56 Å². The first-order valence-electron chi connectivity index (χ1n) is 8.35. The summed E-state index contributed by atoms with van der Waals surface area (Å²) < 4.78 is 1.90. The zero-order valence-electron chi connectivity index (χ0n) is 13.8. The summed E-state index contributed by atoms with van der Waals surface area (Å²) in [5, 5.41) is 4.76. The van der Waals surface area contributed by atoms with Gasteiger partial charge in [0.25, 0.3) is 0 Å². The summed E-state index contributed by atoms with van der Waals surface area (Å²) in [4.78, 5) is 0. The highest BCUT2D eigenvalue weighted by Crippen LogP contribution is 2.25. The van der Waals surface area contributed by atoms with Crippen LogP contribution in [0.5, 0.6) is 0 Å². The zero-order valence-corrected chi connectivity index (χ0v) is 13.8. The average Bonchev–Trinajstić information content (AvgIpc) is 3.14. The van der Waals surface area contributed by atoms with Crippen molar-refractivity contribution in [3.05, 3.63) is 96.7 Å². The Hall–Kier alpha value is -3.17. The highest BCUT2D eigenvalue weighted by Gasteiger charge is 2.11. The van der Waals surface area contributed by atoms with Crippen molar-refractivity contribution in [3.63, 3.8) is 0 Å². The summed E-state index contributed by atoms with van der Waals surface area (Å²) in [5.74, 6) is 0. The standard InChI is InChI=1S/C22H19N3/c23-15-20-16-25(24-22(20)19-9-5-2-6-10-19)21-13-11-18(12-14-21)17-7-3-1-4-8-17/h1-14,16H,15,23H2. The van der Waals surface area contributed by atoms with Crippen molar-refractivity contribution < 1.29 is 0 Å². The largest absolute Gasteiger partial charge is 0.326 e. The Kier molecular flexibility index (Phi) is 4.15. The van der Waals surface area contributed by atoms with Crippen molar-refractivity contribution in [1.82, 2.24) is 9.78 Å². The maximum atomic E-state index is 5.93. The number of rotatable bonds is 4. The highest BCUT2D eigenvalue weighted by molar-refractivity contribution is 5.65. The fourth-order valence-electron chi connectivity index (χ4n) is 2.97. The van der Waals surface area contributed by atoms with Crippen molar-refractivity contribution in [1.29, 1.82) is 0 Å². The molecule has 1 heterocycles. The molecule has 0 aliphatic heterocycles. The van der Waals surface area contributed by atoms with Crippen LogP contribution in [0.2, 0.25) is 0 Å². The first-order valence-corrected chi connectivity index (χ1v) is 8.35. The van der Waals surface area contributed by atoms with Crippen molar-refractivity contribution in [2.75, 3.05) is 0 Å². The lowest BCUT2D eigenvalue weighted by Crippen LogP contribution is -1.96. The molecule has 3 aromatic carbocycles. The van der Waals surface area contributed by atoms with Crippen molar-refractivity contribution in [2.24, 2.45) is 5.73 Å². The smallest absolute Gasteiger partial charge is 0.0972 e. The molecule has 0 saturated heterocycles. The van der Waals surface area contributed by atoms with Crippen molar-refractivity contribution >= 4 is 0 Å². The third-order valence-corrected chi connectivity index (χ3v) is 4.30. The van der Waals surface area contributed by atoms with Gasteiger partial charge in [0.1, 0.15) is 0 Å². The quantitative estimate of drug-likeness (QED) is 0.593. The average molecular weight is 325 g/mol. The SMILES string of the molecule is NCc1cn(-c2ccc(-c3ccccc3)cc2)nc1-c1ccccc1. The molecule has 4 aromatic rings. The fourth-order valence-corrected chi connectivity index (χ4v) is 2.97. The lowest BCUT2D eigenvalue weighted by molar-refractivity contribution is 0.883. The van der Waals surface area contributed by atoms with Gasteiger partial charge in [0.15, 0.2) is 0 Å². The second-order valence-electron chi connectivity index (χ2n) is 5.93. The van der Waals surface area contributed by atoms with E-state index in [1.54, 1.807) is 0 Å². The number of benzene rings is 3. The molecule has 0 aliphatic carbocycles. The van der Waals surface area contributed by atoms with Gasteiger partial charge in [-0.2, -0.15) is 5.10 Å². The maximum Gasteiger partial charge on any atom is 0.0972 e. The predicted octanol–water partition coefficient (Wildman–Crippen LogP) is 4.67. The third-order valence-electron chi connectivity index (χ3n) is 4.30. The minimum Gasteiger partial charge on any atom is -0.326 e. The Morgan fingerprint density at radius 2 is 1.24 bits per heavy atom. The van der Waals surface area contributed by atoms with Gasteiger partial charge in [0.05, 0.1) is 11.4 Å². The third kappa shape index (κ3) is 3.10. The highest BCUT2D eigenvalue weighted by atomic mass is 15.3. The van der Waals surface area contributed by atoms with Crippen molar-refractivity contribution in [2.45, 2.75) is 6.54 Å². The van der Waals surface area contributed by atoms with Gasteiger partial charge in [-0.1, -0.05) is 72.8 Å². The Morgan fingerprint density at radius 1 is 0.680 bits per heavy atom.